The van der Waals surface area contributed by atoms with Gasteiger partial charge in [-0.3, -0.25) is 4.79 Å². The van der Waals surface area contributed by atoms with Gasteiger partial charge in [-0.2, -0.15) is 4.98 Å². The Kier molecular flexibility index (Phi) is 6.11. The first kappa shape index (κ1) is 19.9. The van der Waals surface area contributed by atoms with E-state index in [4.69, 9.17) is 4.52 Å². The SMILES string of the molecule is CC(C)c1nc(-c2ccc(N3CCN(C(=O)CCC4CCCC4)CC3)nc2)no1. The molecule has 7 heteroatoms. The number of aromatic nitrogens is 3. The molecule has 2 aliphatic rings. The van der Waals surface area contributed by atoms with Gasteiger partial charge in [-0.25, -0.2) is 4.98 Å². The van der Waals surface area contributed by atoms with Crippen LogP contribution in [0, 0.1) is 5.92 Å². The van der Waals surface area contributed by atoms with Crippen LogP contribution in [0.3, 0.4) is 0 Å². The van der Waals surface area contributed by atoms with Crippen LogP contribution in [0.1, 0.15) is 64.2 Å². The van der Waals surface area contributed by atoms with E-state index in [2.05, 4.69) is 20.0 Å². The summed E-state index contributed by atoms with van der Waals surface area (Å²) in [5.74, 6) is 3.44. The van der Waals surface area contributed by atoms with E-state index in [-0.39, 0.29) is 5.92 Å². The lowest BCUT2D eigenvalue weighted by molar-refractivity contribution is -0.131. The molecule has 0 aromatic carbocycles. The van der Waals surface area contributed by atoms with E-state index >= 15 is 0 Å². The molecule has 1 amide bonds. The Morgan fingerprint density at radius 1 is 1.17 bits per heavy atom. The minimum absolute atomic E-state index is 0.209. The lowest BCUT2D eigenvalue weighted by Gasteiger charge is -2.35. The Morgan fingerprint density at radius 2 is 1.93 bits per heavy atom. The number of nitrogens with zero attached hydrogens (tertiary/aromatic N) is 5. The molecule has 2 aromatic heterocycles. The summed E-state index contributed by atoms with van der Waals surface area (Å²) in [7, 11) is 0. The first-order valence-electron chi connectivity index (χ1n) is 10.9. The van der Waals surface area contributed by atoms with Crippen molar-refractivity contribution < 1.29 is 9.32 Å². The minimum atomic E-state index is 0.209. The quantitative estimate of drug-likeness (QED) is 0.736. The number of carbonyl (C=O) groups excluding carboxylic acids is 1. The average Bonchev–Trinajstić information content (AvgIpc) is 3.44. The number of pyridine rings is 1. The third-order valence-electron chi connectivity index (χ3n) is 6.14. The zero-order chi connectivity index (χ0) is 20.2. The first-order valence-corrected chi connectivity index (χ1v) is 10.9. The monoisotopic (exact) mass is 397 g/mol. The second-order valence-electron chi connectivity index (χ2n) is 8.57. The Hall–Kier alpha value is -2.44. The van der Waals surface area contributed by atoms with Crippen molar-refractivity contribution in [2.24, 2.45) is 5.92 Å². The second-order valence-corrected chi connectivity index (χ2v) is 8.57. The van der Waals surface area contributed by atoms with Crippen molar-refractivity contribution >= 4 is 11.7 Å². The molecule has 0 bridgehead atoms. The van der Waals surface area contributed by atoms with Crippen LogP contribution in [0.2, 0.25) is 0 Å². The highest BCUT2D eigenvalue weighted by molar-refractivity contribution is 5.76. The van der Waals surface area contributed by atoms with Crippen LogP contribution in [0.25, 0.3) is 11.4 Å². The standard InChI is InChI=1S/C22H31N5O2/c1-16(2)22-24-21(25-29-22)18-8-9-19(23-15-18)26-11-13-27(14-12-26)20(28)10-7-17-5-3-4-6-17/h8-9,15-17H,3-7,10-14H2,1-2H3. The van der Waals surface area contributed by atoms with E-state index in [1.54, 1.807) is 6.20 Å². The molecule has 29 heavy (non-hydrogen) atoms. The van der Waals surface area contributed by atoms with Crippen LogP contribution in [-0.2, 0) is 4.79 Å². The topological polar surface area (TPSA) is 75.4 Å². The van der Waals surface area contributed by atoms with E-state index in [0.717, 1.165) is 49.9 Å². The highest BCUT2D eigenvalue weighted by Crippen LogP contribution is 2.29. The number of hydrogen-bond donors (Lipinski definition) is 0. The van der Waals surface area contributed by atoms with Crippen molar-refractivity contribution in [3.05, 3.63) is 24.2 Å². The summed E-state index contributed by atoms with van der Waals surface area (Å²) >= 11 is 0. The van der Waals surface area contributed by atoms with Crippen molar-refractivity contribution in [2.75, 3.05) is 31.1 Å². The van der Waals surface area contributed by atoms with Gasteiger partial charge in [0, 0.05) is 50.3 Å². The van der Waals surface area contributed by atoms with E-state index in [0.29, 0.717) is 24.0 Å². The number of anilines is 1. The van der Waals surface area contributed by atoms with Gasteiger partial charge in [0.1, 0.15) is 5.82 Å². The molecule has 0 N–H and O–H groups in total. The van der Waals surface area contributed by atoms with Gasteiger partial charge in [-0.1, -0.05) is 44.7 Å². The molecule has 1 aliphatic carbocycles. The van der Waals surface area contributed by atoms with Crippen molar-refractivity contribution in [1.82, 2.24) is 20.0 Å². The van der Waals surface area contributed by atoms with Crippen molar-refractivity contribution in [3.8, 4) is 11.4 Å². The number of amides is 1. The van der Waals surface area contributed by atoms with Crippen LogP contribution < -0.4 is 4.90 Å². The Bertz CT molecular complexity index is 803. The predicted molar refractivity (Wildman–Crippen MR) is 112 cm³/mol. The molecule has 156 valence electrons. The van der Waals surface area contributed by atoms with Gasteiger partial charge in [-0.05, 0) is 24.5 Å². The van der Waals surface area contributed by atoms with Gasteiger partial charge in [0.15, 0.2) is 0 Å². The number of carbonyl (C=O) groups is 1. The Labute approximate surface area is 172 Å². The Balaban J connectivity index is 1.28. The van der Waals surface area contributed by atoms with Crippen LogP contribution in [-0.4, -0.2) is 52.1 Å². The van der Waals surface area contributed by atoms with E-state index < -0.39 is 0 Å². The summed E-state index contributed by atoms with van der Waals surface area (Å²) in [5, 5.41) is 4.04. The molecule has 0 spiro atoms. The molecule has 1 saturated heterocycles. The van der Waals surface area contributed by atoms with Crippen LogP contribution in [0.4, 0.5) is 5.82 Å². The van der Waals surface area contributed by atoms with Gasteiger partial charge >= 0.3 is 0 Å². The number of piperazine rings is 1. The highest BCUT2D eigenvalue weighted by Gasteiger charge is 2.23. The van der Waals surface area contributed by atoms with Gasteiger partial charge in [0.25, 0.3) is 0 Å². The molecular weight excluding hydrogens is 366 g/mol. The molecule has 1 saturated carbocycles. The highest BCUT2D eigenvalue weighted by atomic mass is 16.5. The smallest absolute Gasteiger partial charge is 0.229 e. The van der Waals surface area contributed by atoms with Gasteiger partial charge in [0.2, 0.25) is 17.6 Å². The lowest BCUT2D eigenvalue weighted by Crippen LogP contribution is -2.49. The summed E-state index contributed by atoms with van der Waals surface area (Å²) in [6.45, 7) is 7.24. The number of hydrogen-bond acceptors (Lipinski definition) is 6. The maximum Gasteiger partial charge on any atom is 0.229 e. The summed E-state index contributed by atoms with van der Waals surface area (Å²) in [5.41, 5.74) is 0.852. The van der Waals surface area contributed by atoms with Gasteiger partial charge < -0.3 is 14.3 Å². The summed E-state index contributed by atoms with van der Waals surface area (Å²) in [4.78, 5) is 25.8. The van der Waals surface area contributed by atoms with Crippen LogP contribution >= 0.6 is 0 Å². The fraction of sp³-hybridized carbons (Fsp3) is 0.636. The summed E-state index contributed by atoms with van der Waals surface area (Å²) < 4.78 is 5.28. The molecule has 0 atom stereocenters. The molecular formula is C22H31N5O2. The predicted octanol–water partition coefficient (Wildman–Crippen LogP) is 3.87. The lowest BCUT2D eigenvalue weighted by atomic mass is 10.0. The molecule has 0 radical (unpaired) electrons. The molecule has 0 unspecified atom stereocenters. The normalized spacial score (nSPS) is 18.0. The maximum absolute atomic E-state index is 12.5. The molecule has 3 heterocycles. The molecule has 2 fully saturated rings. The summed E-state index contributed by atoms with van der Waals surface area (Å²) in [6, 6.07) is 3.98. The van der Waals surface area contributed by atoms with Crippen LogP contribution in [0.5, 0.6) is 0 Å². The van der Waals surface area contributed by atoms with Crippen molar-refractivity contribution in [2.45, 2.75) is 58.3 Å². The minimum Gasteiger partial charge on any atom is -0.353 e. The fourth-order valence-corrected chi connectivity index (χ4v) is 4.26. The van der Waals surface area contributed by atoms with E-state index in [9.17, 15) is 4.79 Å². The maximum atomic E-state index is 12.5. The van der Waals surface area contributed by atoms with Gasteiger partial charge in [-0.15, -0.1) is 0 Å². The van der Waals surface area contributed by atoms with E-state index in [1.807, 2.05) is 30.9 Å². The van der Waals surface area contributed by atoms with Crippen LogP contribution in [0.15, 0.2) is 22.9 Å². The summed E-state index contributed by atoms with van der Waals surface area (Å²) in [6.07, 6.45) is 8.88. The molecule has 4 rings (SSSR count). The largest absolute Gasteiger partial charge is 0.353 e. The van der Waals surface area contributed by atoms with Crippen molar-refractivity contribution in [3.63, 3.8) is 0 Å². The van der Waals surface area contributed by atoms with Gasteiger partial charge in [0.05, 0.1) is 0 Å². The number of rotatable bonds is 6. The zero-order valence-corrected chi connectivity index (χ0v) is 17.5. The van der Waals surface area contributed by atoms with Crippen molar-refractivity contribution in [1.29, 1.82) is 0 Å². The molecule has 1 aliphatic heterocycles. The second kappa shape index (κ2) is 8.93. The molecule has 7 nitrogen and oxygen atoms in total. The third-order valence-corrected chi connectivity index (χ3v) is 6.14. The average molecular weight is 398 g/mol. The molecule has 2 aromatic rings. The third kappa shape index (κ3) is 4.77. The fourth-order valence-electron chi connectivity index (χ4n) is 4.26. The first-order chi connectivity index (χ1) is 14.1. The Morgan fingerprint density at radius 3 is 2.55 bits per heavy atom. The van der Waals surface area contributed by atoms with E-state index in [1.165, 1.54) is 25.7 Å². The zero-order valence-electron chi connectivity index (χ0n) is 17.5.